The van der Waals surface area contributed by atoms with Crippen molar-refractivity contribution in [1.29, 1.82) is 0 Å². The Morgan fingerprint density at radius 1 is 1.08 bits per heavy atom. The molecule has 1 aromatic carbocycles. The smallest absolute Gasteiger partial charge is 0.287 e. The van der Waals surface area contributed by atoms with Gasteiger partial charge < -0.3 is 14.6 Å². The zero-order chi connectivity index (χ0) is 18.7. The summed E-state index contributed by atoms with van der Waals surface area (Å²) >= 11 is 0. The molecule has 2 heterocycles. The average Bonchev–Trinajstić information content (AvgIpc) is 3.16. The highest BCUT2D eigenvalue weighted by atomic mass is 16.3. The summed E-state index contributed by atoms with van der Waals surface area (Å²) in [6.07, 6.45) is 2.98. The van der Waals surface area contributed by atoms with E-state index in [2.05, 4.69) is 26.1 Å². The fourth-order valence-corrected chi connectivity index (χ4v) is 3.19. The number of nitrogens with one attached hydrogen (secondary N) is 1. The third-order valence-corrected chi connectivity index (χ3v) is 4.86. The Labute approximate surface area is 154 Å². The SMILES string of the molecule is CC(C)(C)c1ccc(C(=O)N2CCC(NC(=O)c3ccco3)CC2)cc1. The number of amides is 2. The monoisotopic (exact) mass is 354 g/mol. The number of benzene rings is 1. The Kier molecular flexibility index (Phi) is 5.16. The highest BCUT2D eigenvalue weighted by Crippen LogP contribution is 2.23. The van der Waals surface area contributed by atoms with Crippen molar-refractivity contribution >= 4 is 11.8 Å². The summed E-state index contributed by atoms with van der Waals surface area (Å²) in [5.41, 5.74) is 2.01. The van der Waals surface area contributed by atoms with Crippen LogP contribution in [0, 0.1) is 0 Å². The van der Waals surface area contributed by atoms with Gasteiger partial charge in [-0.15, -0.1) is 0 Å². The molecule has 1 aliphatic heterocycles. The molecule has 1 aromatic heterocycles. The summed E-state index contributed by atoms with van der Waals surface area (Å²) in [6, 6.07) is 11.3. The van der Waals surface area contributed by atoms with E-state index in [0.717, 1.165) is 18.4 Å². The summed E-state index contributed by atoms with van der Waals surface area (Å²) in [5, 5.41) is 2.97. The molecule has 26 heavy (non-hydrogen) atoms. The summed E-state index contributed by atoms with van der Waals surface area (Å²) in [6.45, 7) is 7.76. The van der Waals surface area contributed by atoms with Gasteiger partial charge in [0, 0.05) is 24.7 Å². The second kappa shape index (κ2) is 7.36. The molecule has 1 saturated heterocycles. The first-order valence-corrected chi connectivity index (χ1v) is 9.09. The van der Waals surface area contributed by atoms with Gasteiger partial charge in [0.2, 0.25) is 0 Å². The van der Waals surface area contributed by atoms with Crippen molar-refractivity contribution in [2.24, 2.45) is 0 Å². The second-order valence-corrected chi connectivity index (χ2v) is 7.84. The first kappa shape index (κ1) is 18.2. The van der Waals surface area contributed by atoms with Crippen LogP contribution in [-0.2, 0) is 5.41 Å². The van der Waals surface area contributed by atoms with Crippen LogP contribution < -0.4 is 5.32 Å². The third-order valence-electron chi connectivity index (χ3n) is 4.86. The highest BCUT2D eigenvalue weighted by molar-refractivity contribution is 5.94. The van der Waals surface area contributed by atoms with Crippen molar-refractivity contribution in [3.63, 3.8) is 0 Å². The molecule has 0 atom stereocenters. The Morgan fingerprint density at radius 2 is 1.73 bits per heavy atom. The number of rotatable bonds is 3. The predicted octanol–water partition coefficient (Wildman–Crippen LogP) is 3.61. The number of carbonyl (C=O) groups is 2. The van der Waals surface area contributed by atoms with E-state index < -0.39 is 0 Å². The molecule has 1 N–H and O–H groups in total. The lowest BCUT2D eigenvalue weighted by molar-refractivity contribution is 0.0695. The van der Waals surface area contributed by atoms with Crippen molar-refractivity contribution in [3.8, 4) is 0 Å². The van der Waals surface area contributed by atoms with Gasteiger partial charge in [0.15, 0.2) is 5.76 Å². The van der Waals surface area contributed by atoms with Crippen LogP contribution in [0.25, 0.3) is 0 Å². The standard InChI is InChI=1S/C21H26N2O3/c1-21(2,3)16-8-6-15(7-9-16)20(25)23-12-10-17(11-13-23)22-19(24)18-5-4-14-26-18/h4-9,14,17H,10-13H2,1-3H3,(H,22,24). The van der Waals surface area contributed by atoms with Gasteiger partial charge in [0.05, 0.1) is 6.26 Å². The van der Waals surface area contributed by atoms with Gasteiger partial charge in [-0.05, 0) is 48.1 Å². The minimum absolute atomic E-state index is 0.0567. The molecule has 0 radical (unpaired) electrons. The van der Waals surface area contributed by atoms with Gasteiger partial charge >= 0.3 is 0 Å². The van der Waals surface area contributed by atoms with Crippen LogP contribution in [0.3, 0.4) is 0 Å². The molecule has 1 fully saturated rings. The van der Waals surface area contributed by atoms with Crippen LogP contribution >= 0.6 is 0 Å². The van der Waals surface area contributed by atoms with Gasteiger partial charge in [0.1, 0.15) is 0 Å². The quantitative estimate of drug-likeness (QED) is 0.916. The van der Waals surface area contributed by atoms with Gasteiger partial charge in [-0.1, -0.05) is 32.9 Å². The molecule has 0 aliphatic carbocycles. The summed E-state index contributed by atoms with van der Waals surface area (Å²) in [4.78, 5) is 26.6. The maximum Gasteiger partial charge on any atom is 0.287 e. The number of nitrogens with zero attached hydrogens (tertiary/aromatic N) is 1. The highest BCUT2D eigenvalue weighted by Gasteiger charge is 2.25. The first-order valence-electron chi connectivity index (χ1n) is 9.09. The van der Waals surface area contributed by atoms with E-state index in [4.69, 9.17) is 4.42 Å². The van der Waals surface area contributed by atoms with Crippen molar-refractivity contribution in [1.82, 2.24) is 10.2 Å². The van der Waals surface area contributed by atoms with Crippen molar-refractivity contribution in [3.05, 3.63) is 59.5 Å². The van der Waals surface area contributed by atoms with Crippen LogP contribution in [-0.4, -0.2) is 35.8 Å². The molecule has 138 valence electrons. The molecule has 0 saturated carbocycles. The van der Waals surface area contributed by atoms with Crippen molar-refractivity contribution < 1.29 is 14.0 Å². The predicted molar refractivity (Wildman–Crippen MR) is 100 cm³/mol. The van der Waals surface area contributed by atoms with Crippen LogP contribution in [0.5, 0.6) is 0 Å². The van der Waals surface area contributed by atoms with E-state index >= 15 is 0 Å². The first-order chi connectivity index (χ1) is 12.3. The Hall–Kier alpha value is -2.56. The molecular formula is C21H26N2O3. The Balaban J connectivity index is 1.54. The zero-order valence-corrected chi connectivity index (χ0v) is 15.6. The van der Waals surface area contributed by atoms with Gasteiger partial charge in [0.25, 0.3) is 11.8 Å². The van der Waals surface area contributed by atoms with E-state index in [9.17, 15) is 9.59 Å². The molecule has 5 nitrogen and oxygen atoms in total. The minimum atomic E-state index is -0.197. The average molecular weight is 354 g/mol. The van der Waals surface area contributed by atoms with E-state index in [1.807, 2.05) is 29.2 Å². The van der Waals surface area contributed by atoms with Crippen molar-refractivity contribution in [2.75, 3.05) is 13.1 Å². The minimum Gasteiger partial charge on any atom is -0.459 e. The Morgan fingerprint density at radius 3 is 2.27 bits per heavy atom. The van der Waals surface area contributed by atoms with E-state index in [-0.39, 0.29) is 23.3 Å². The van der Waals surface area contributed by atoms with Crippen LogP contribution in [0.4, 0.5) is 0 Å². The number of furan rings is 1. The molecule has 5 heteroatoms. The van der Waals surface area contributed by atoms with E-state index in [1.54, 1.807) is 12.1 Å². The normalized spacial score (nSPS) is 15.7. The fourth-order valence-electron chi connectivity index (χ4n) is 3.19. The van der Waals surface area contributed by atoms with E-state index in [0.29, 0.717) is 18.8 Å². The maximum atomic E-state index is 12.7. The number of hydrogen-bond donors (Lipinski definition) is 1. The van der Waals surface area contributed by atoms with Gasteiger partial charge in [-0.3, -0.25) is 9.59 Å². The molecule has 1 aliphatic rings. The summed E-state index contributed by atoms with van der Waals surface area (Å²) in [5.74, 6) is 0.182. The topological polar surface area (TPSA) is 62.6 Å². The number of carbonyl (C=O) groups excluding carboxylic acids is 2. The maximum absolute atomic E-state index is 12.7. The second-order valence-electron chi connectivity index (χ2n) is 7.84. The summed E-state index contributed by atoms with van der Waals surface area (Å²) < 4.78 is 5.11. The fraction of sp³-hybridized carbons (Fsp3) is 0.429. The third kappa shape index (κ3) is 4.15. The lowest BCUT2D eigenvalue weighted by Gasteiger charge is -2.32. The molecule has 2 aromatic rings. The zero-order valence-electron chi connectivity index (χ0n) is 15.6. The number of hydrogen-bond acceptors (Lipinski definition) is 3. The number of piperidine rings is 1. The lowest BCUT2D eigenvalue weighted by atomic mass is 9.86. The molecule has 0 bridgehead atoms. The Bertz CT molecular complexity index is 750. The number of likely N-dealkylation sites (tertiary alicyclic amines) is 1. The largest absolute Gasteiger partial charge is 0.459 e. The molecule has 3 rings (SSSR count). The molecular weight excluding hydrogens is 328 g/mol. The van der Waals surface area contributed by atoms with Gasteiger partial charge in [-0.25, -0.2) is 0 Å². The van der Waals surface area contributed by atoms with Crippen LogP contribution in [0.2, 0.25) is 0 Å². The van der Waals surface area contributed by atoms with Crippen LogP contribution in [0.1, 0.15) is 60.1 Å². The molecule has 0 unspecified atom stereocenters. The summed E-state index contributed by atoms with van der Waals surface area (Å²) in [7, 11) is 0. The van der Waals surface area contributed by atoms with Crippen molar-refractivity contribution in [2.45, 2.75) is 45.1 Å². The van der Waals surface area contributed by atoms with Gasteiger partial charge in [-0.2, -0.15) is 0 Å². The lowest BCUT2D eigenvalue weighted by Crippen LogP contribution is -2.46. The molecule has 0 spiro atoms. The van der Waals surface area contributed by atoms with Crippen LogP contribution in [0.15, 0.2) is 47.1 Å². The van der Waals surface area contributed by atoms with E-state index in [1.165, 1.54) is 11.8 Å². The molecule has 2 amide bonds.